The Kier molecular flexibility index (Phi) is 8.33. The summed E-state index contributed by atoms with van der Waals surface area (Å²) < 4.78 is 20.3. The summed E-state index contributed by atoms with van der Waals surface area (Å²) in [6.45, 7) is 0.307. The molecule has 6 heteroatoms. The van der Waals surface area contributed by atoms with Crippen molar-refractivity contribution >= 4 is 11.9 Å². The zero-order valence-electron chi connectivity index (χ0n) is 15.8. The first-order chi connectivity index (χ1) is 13.6. The maximum atomic E-state index is 11.7. The van der Waals surface area contributed by atoms with Crippen molar-refractivity contribution in [1.29, 1.82) is 0 Å². The van der Waals surface area contributed by atoms with Crippen LogP contribution >= 0.6 is 0 Å². The molecule has 6 nitrogen and oxygen atoms in total. The Hall–Kier alpha value is -3.54. The molecule has 0 aliphatic rings. The van der Waals surface area contributed by atoms with Crippen molar-refractivity contribution in [2.75, 3.05) is 14.2 Å². The zero-order chi connectivity index (χ0) is 20.2. The van der Waals surface area contributed by atoms with Crippen LogP contribution in [0.5, 0.6) is 11.5 Å². The van der Waals surface area contributed by atoms with E-state index in [2.05, 4.69) is 0 Å². The summed E-state index contributed by atoms with van der Waals surface area (Å²) >= 11 is 0. The maximum absolute atomic E-state index is 11.7. The van der Waals surface area contributed by atoms with E-state index in [-0.39, 0.29) is 13.2 Å². The van der Waals surface area contributed by atoms with Gasteiger partial charge in [0.25, 0.3) is 0 Å². The lowest BCUT2D eigenvalue weighted by Gasteiger charge is -2.04. The van der Waals surface area contributed by atoms with Crippen molar-refractivity contribution in [2.24, 2.45) is 0 Å². The number of hydrogen-bond acceptors (Lipinski definition) is 6. The summed E-state index contributed by atoms with van der Waals surface area (Å²) in [4.78, 5) is 23.3. The minimum atomic E-state index is -0.507. The number of methoxy groups -OCH3 is 2. The van der Waals surface area contributed by atoms with Crippen LogP contribution in [0.25, 0.3) is 0 Å². The Bertz CT molecular complexity index is 748. The summed E-state index contributed by atoms with van der Waals surface area (Å²) in [7, 11) is 3.17. The van der Waals surface area contributed by atoms with Crippen LogP contribution in [0.2, 0.25) is 0 Å². The largest absolute Gasteiger partial charge is 0.497 e. The number of rotatable bonds is 9. The minimum Gasteiger partial charge on any atom is -0.497 e. The molecule has 0 saturated heterocycles. The van der Waals surface area contributed by atoms with Crippen molar-refractivity contribution in [2.45, 2.75) is 13.2 Å². The fourth-order valence-corrected chi connectivity index (χ4v) is 2.12. The van der Waals surface area contributed by atoms with Crippen LogP contribution in [0.1, 0.15) is 11.1 Å². The quantitative estimate of drug-likeness (QED) is 0.375. The van der Waals surface area contributed by atoms with Crippen LogP contribution in [0.3, 0.4) is 0 Å². The highest BCUT2D eigenvalue weighted by atomic mass is 16.5. The van der Waals surface area contributed by atoms with Gasteiger partial charge in [0.15, 0.2) is 0 Å². The molecule has 2 aromatic rings. The SMILES string of the molecule is COc1ccc(COC(=O)/C=C\C=C/C(=O)OCc2ccc(OC)cc2)cc1. The lowest BCUT2D eigenvalue weighted by molar-refractivity contribution is -0.140. The third-order valence-corrected chi connectivity index (χ3v) is 3.66. The molecule has 2 aromatic carbocycles. The second-order valence-electron chi connectivity index (χ2n) is 5.63. The molecule has 0 fully saturated rings. The molecule has 0 aliphatic carbocycles. The van der Waals surface area contributed by atoms with Gasteiger partial charge in [0.05, 0.1) is 14.2 Å². The highest BCUT2D eigenvalue weighted by Gasteiger charge is 2.00. The fourth-order valence-electron chi connectivity index (χ4n) is 2.12. The lowest BCUT2D eigenvalue weighted by atomic mass is 10.2. The van der Waals surface area contributed by atoms with Gasteiger partial charge in [-0.1, -0.05) is 36.4 Å². The zero-order valence-corrected chi connectivity index (χ0v) is 15.8. The summed E-state index contributed by atoms with van der Waals surface area (Å²) in [6.07, 6.45) is 5.31. The van der Waals surface area contributed by atoms with Gasteiger partial charge in [0.1, 0.15) is 24.7 Å². The van der Waals surface area contributed by atoms with Crippen LogP contribution < -0.4 is 9.47 Å². The molecule has 0 radical (unpaired) electrons. The Morgan fingerprint density at radius 3 is 1.36 bits per heavy atom. The number of ether oxygens (including phenoxy) is 4. The molecule has 0 bridgehead atoms. The van der Waals surface area contributed by atoms with Crippen LogP contribution in [0.4, 0.5) is 0 Å². The van der Waals surface area contributed by atoms with E-state index in [1.807, 2.05) is 24.3 Å². The van der Waals surface area contributed by atoms with Gasteiger partial charge in [-0.25, -0.2) is 9.59 Å². The van der Waals surface area contributed by atoms with E-state index in [0.29, 0.717) is 0 Å². The van der Waals surface area contributed by atoms with Gasteiger partial charge in [0.2, 0.25) is 0 Å². The standard InChI is InChI=1S/C22H22O6/c1-25-19-11-7-17(8-12-19)15-27-21(23)5-3-4-6-22(24)28-16-18-9-13-20(26-2)14-10-18/h3-14H,15-16H2,1-2H3/b5-3-,6-4-. The van der Waals surface area contributed by atoms with Gasteiger partial charge in [0, 0.05) is 12.2 Å². The summed E-state index contributed by atoms with van der Waals surface area (Å²) in [5.74, 6) is 0.456. The normalized spacial score (nSPS) is 10.8. The van der Waals surface area contributed by atoms with Crippen LogP contribution in [-0.4, -0.2) is 26.2 Å². The Morgan fingerprint density at radius 1 is 0.679 bits per heavy atom. The molecule has 2 rings (SSSR count). The molecule has 0 N–H and O–H groups in total. The highest BCUT2D eigenvalue weighted by Crippen LogP contribution is 2.13. The van der Waals surface area contributed by atoms with Crippen molar-refractivity contribution in [3.8, 4) is 11.5 Å². The van der Waals surface area contributed by atoms with E-state index in [1.54, 1.807) is 38.5 Å². The molecule has 0 spiro atoms. The van der Waals surface area contributed by atoms with E-state index < -0.39 is 11.9 Å². The summed E-state index contributed by atoms with van der Waals surface area (Å²) in [6, 6.07) is 14.4. The second kappa shape index (κ2) is 11.2. The van der Waals surface area contributed by atoms with Crippen molar-refractivity contribution in [1.82, 2.24) is 0 Å². The minimum absolute atomic E-state index is 0.154. The highest BCUT2D eigenvalue weighted by molar-refractivity contribution is 5.84. The van der Waals surface area contributed by atoms with Crippen molar-refractivity contribution < 1.29 is 28.5 Å². The predicted molar refractivity (Wildman–Crippen MR) is 104 cm³/mol. The summed E-state index contributed by atoms with van der Waals surface area (Å²) in [5.41, 5.74) is 1.69. The third kappa shape index (κ3) is 7.37. The second-order valence-corrected chi connectivity index (χ2v) is 5.63. The number of allylic oxidation sites excluding steroid dienone is 2. The fraction of sp³-hybridized carbons (Fsp3) is 0.182. The van der Waals surface area contributed by atoms with Crippen LogP contribution in [0.15, 0.2) is 72.8 Å². The number of esters is 2. The number of carbonyl (C=O) groups is 2. The molecular formula is C22H22O6. The van der Waals surface area contributed by atoms with Gasteiger partial charge in [-0.2, -0.15) is 0 Å². The Morgan fingerprint density at radius 2 is 1.04 bits per heavy atom. The van der Waals surface area contributed by atoms with Gasteiger partial charge in [-0.05, 0) is 35.4 Å². The molecule has 0 aromatic heterocycles. The molecule has 0 saturated carbocycles. The molecule has 146 valence electrons. The number of benzene rings is 2. The number of hydrogen-bond donors (Lipinski definition) is 0. The predicted octanol–water partition coefficient (Wildman–Crippen LogP) is 3.60. The molecule has 0 unspecified atom stereocenters. The van der Waals surface area contributed by atoms with E-state index in [4.69, 9.17) is 18.9 Å². The van der Waals surface area contributed by atoms with Crippen LogP contribution in [0, 0.1) is 0 Å². The monoisotopic (exact) mass is 382 g/mol. The van der Waals surface area contributed by atoms with E-state index >= 15 is 0 Å². The topological polar surface area (TPSA) is 71.1 Å². The van der Waals surface area contributed by atoms with Gasteiger partial charge in [-0.3, -0.25) is 0 Å². The Labute approximate surface area is 164 Å². The first-order valence-electron chi connectivity index (χ1n) is 8.55. The van der Waals surface area contributed by atoms with Crippen LogP contribution in [-0.2, 0) is 32.3 Å². The van der Waals surface area contributed by atoms with Crippen molar-refractivity contribution in [3.63, 3.8) is 0 Å². The smallest absolute Gasteiger partial charge is 0.331 e. The van der Waals surface area contributed by atoms with Gasteiger partial charge < -0.3 is 18.9 Å². The van der Waals surface area contributed by atoms with Gasteiger partial charge >= 0.3 is 11.9 Å². The summed E-state index contributed by atoms with van der Waals surface area (Å²) in [5, 5.41) is 0. The molecule has 0 amide bonds. The van der Waals surface area contributed by atoms with Crippen molar-refractivity contribution in [3.05, 3.63) is 84.0 Å². The molecule has 0 atom stereocenters. The molecule has 0 aliphatic heterocycles. The van der Waals surface area contributed by atoms with Gasteiger partial charge in [-0.15, -0.1) is 0 Å². The lowest BCUT2D eigenvalue weighted by Crippen LogP contribution is -2.01. The average molecular weight is 382 g/mol. The van der Waals surface area contributed by atoms with E-state index in [1.165, 1.54) is 24.3 Å². The van der Waals surface area contributed by atoms with E-state index in [0.717, 1.165) is 22.6 Å². The average Bonchev–Trinajstić information content (AvgIpc) is 2.74. The van der Waals surface area contributed by atoms with E-state index in [9.17, 15) is 9.59 Å². The third-order valence-electron chi connectivity index (χ3n) is 3.66. The maximum Gasteiger partial charge on any atom is 0.331 e. The molecule has 28 heavy (non-hydrogen) atoms. The first-order valence-corrected chi connectivity index (χ1v) is 8.55. The molecule has 0 heterocycles. The molecular weight excluding hydrogens is 360 g/mol. The Balaban J connectivity index is 1.68. The number of carbonyl (C=O) groups excluding carboxylic acids is 2. The first kappa shape index (κ1) is 20.8.